The lowest BCUT2D eigenvalue weighted by atomic mass is 9.95. The molecule has 0 unspecified atom stereocenters. The molecule has 1 aliphatic rings. The Hall–Kier alpha value is -3.91. The Morgan fingerprint density at radius 2 is 1.73 bits per heavy atom. The highest BCUT2D eigenvalue weighted by molar-refractivity contribution is 7.22. The van der Waals surface area contributed by atoms with E-state index in [1.165, 1.54) is 36.4 Å². The van der Waals surface area contributed by atoms with E-state index in [2.05, 4.69) is 4.98 Å². The van der Waals surface area contributed by atoms with Crippen molar-refractivity contribution in [2.75, 3.05) is 4.90 Å². The lowest BCUT2D eigenvalue weighted by Gasteiger charge is -2.23. The first-order valence-electron chi connectivity index (χ1n) is 10.0. The summed E-state index contributed by atoms with van der Waals surface area (Å²) in [5.41, 5.74) is 1.89. The van der Waals surface area contributed by atoms with Crippen molar-refractivity contribution in [1.82, 2.24) is 4.98 Å². The predicted octanol–water partition coefficient (Wildman–Crippen LogP) is 5.51. The summed E-state index contributed by atoms with van der Waals surface area (Å²) in [6, 6.07) is 15.2. The lowest BCUT2D eigenvalue weighted by Crippen LogP contribution is -2.29. The van der Waals surface area contributed by atoms with Crippen LogP contribution in [0.25, 0.3) is 16.0 Å². The van der Waals surface area contributed by atoms with Gasteiger partial charge in [0, 0.05) is 5.56 Å². The van der Waals surface area contributed by atoms with Crippen LogP contribution in [0, 0.1) is 18.6 Å². The molecule has 5 rings (SSSR count). The number of thiazole rings is 1. The molecule has 1 atom stereocenters. The molecule has 2 heterocycles. The standard InChI is InChI=1S/C25H16F2N2O3S/c1-13-5-7-14(8-6-13)22(30)20-21(15-3-2-4-16(26)11-15)29(24(32)23(20)31)25-28-18-10-9-17(27)12-19(18)33-25/h2-12,21,30H,1H3/b22-20+/t21-/m0/s1. The number of aromatic nitrogens is 1. The number of aryl methyl sites for hydroxylation is 1. The Kier molecular flexibility index (Phi) is 5.02. The van der Waals surface area contributed by atoms with E-state index in [4.69, 9.17) is 0 Å². The fourth-order valence-corrected chi connectivity index (χ4v) is 4.90. The van der Waals surface area contributed by atoms with Gasteiger partial charge in [0.2, 0.25) is 0 Å². The van der Waals surface area contributed by atoms with Crippen LogP contribution in [0.4, 0.5) is 13.9 Å². The number of halogens is 2. The summed E-state index contributed by atoms with van der Waals surface area (Å²) in [7, 11) is 0. The molecule has 4 aromatic rings. The second kappa shape index (κ2) is 7.90. The molecule has 164 valence electrons. The van der Waals surface area contributed by atoms with E-state index in [1.54, 1.807) is 30.3 Å². The van der Waals surface area contributed by atoms with Gasteiger partial charge in [0.15, 0.2) is 5.13 Å². The summed E-state index contributed by atoms with van der Waals surface area (Å²) in [5, 5.41) is 11.2. The zero-order chi connectivity index (χ0) is 23.3. The van der Waals surface area contributed by atoms with Crippen LogP contribution in [0.1, 0.15) is 22.7 Å². The number of aliphatic hydroxyl groups excluding tert-OH is 1. The predicted molar refractivity (Wildman–Crippen MR) is 122 cm³/mol. The van der Waals surface area contributed by atoms with Crippen molar-refractivity contribution < 1.29 is 23.5 Å². The maximum Gasteiger partial charge on any atom is 0.301 e. The number of carbonyl (C=O) groups excluding carboxylic acids is 2. The first kappa shape index (κ1) is 21.0. The summed E-state index contributed by atoms with van der Waals surface area (Å²) in [6.45, 7) is 1.88. The number of anilines is 1. The molecule has 3 aromatic carbocycles. The normalized spacial score (nSPS) is 17.8. The largest absolute Gasteiger partial charge is 0.507 e. The van der Waals surface area contributed by atoms with Crippen molar-refractivity contribution in [3.8, 4) is 0 Å². The molecule has 1 aromatic heterocycles. The molecule has 0 bridgehead atoms. The molecule has 1 saturated heterocycles. The van der Waals surface area contributed by atoms with Gasteiger partial charge in [0.25, 0.3) is 5.78 Å². The first-order valence-corrected chi connectivity index (χ1v) is 10.8. The summed E-state index contributed by atoms with van der Waals surface area (Å²) in [4.78, 5) is 31.8. The van der Waals surface area contributed by atoms with E-state index in [1.807, 2.05) is 6.92 Å². The third-order valence-electron chi connectivity index (χ3n) is 5.48. The maximum atomic E-state index is 14.1. The smallest absolute Gasteiger partial charge is 0.301 e. The highest BCUT2D eigenvalue weighted by atomic mass is 32.1. The lowest BCUT2D eigenvalue weighted by molar-refractivity contribution is -0.132. The van der Waals surface area contributed by atoms with Gasteiger partial charge in [0.05, 0.1) is 21.8 Å². The minimum absolute atomic E-state index is 0.148. The highest BCUT2D eigenvalue weighted by Gasteiger charge is 2.48. The van der Waals surface area contributed by atoms with Crippen molar-refractivity contribution >= 4 is 44.1 Å². The number of hydrogen-bond donors (Lipinski definition) is 1. The molecule has 33 heavy (non-hydrogen) atoms. The van der Waals surface area contributed by atoms with Crippen LogP contribution >= 0.6 is 11.3 Å². The number of ketones is 1. The Balaban J connectivity index is 1.74. The molecule has 5 nitrogen and oxygen atoms in total. The molecule has 1 N–H and O–H groups in total. The third-order valence-corrected chi connectivity index (χ3v) is 6.50. The maximum absolute atomic E-state index is 14.1. The molecule has 0 aliphatic carbocycles. The van der Waals surface area contributed by atoms with Crippen molar-refractivity contribution in [3.05, 3.63) is 101 Å². The Morgan fingerprint density at radius 3 is 2.45 bits per heavy atom. The van der Waals surface area contributed by atoms with E-state index < -0.39 is 29.4 Å². The van der Waals surface area contributed by atoms with Crippen molar-refractivity contribution in [1.29, 1.82) is 0 Å². The molecule has 8 heteroatoms. The number of rotatable bonds is 3. The number of Topliss-reactive ketones (excluding diaryl/α,β-unsaturated/α-hetero) is 1. The van der Waals surface area contributed by atoms with E-state index in [0.717, 1.165) is 21.8 Å². The number of aliphatic hydroxyl groups is 1. The zero-order valence-electron chi connectivity index (χ0n) is 17.3. The van der Waals surface area contributed by atoms with Gasteiger partial charge in [-0.2, -0.15) is 0 Å². The minimum atomic E-state index is -1.10. The second-order valence-corrected chi connectivity index (χ2v) is 8.71. The fraction of sp³-hybridized carbons (Fsp3) is 0.0800. The van der Waals surface area contributed by atoms with E-state index in [9.17, 15) is 23.5 Å². The highest BCUT2D eigenvalue weighted by Crippen LogP contribution is 2.44. The summed E-state index contributed by atoms with van der Waals surface area (Å²) < 4.78 is 28.3. The van der Waals surface area contributed by atoms with Crippen LogP contribution in [-0.2, 0) is 9.59 Å². The van der Waals surface area contributed by atoms with E-state index in [-0.39, 0.29) is 16.5 Å². The number of carbonyl (C=O) groups is 2. The number of fused-ring (bicyclic) bond motifs is 1. The van der Waals surface area contributed by atoms with Crippen LogP contribution < -0.4 is 4.90 Å². The van der Waals surface area contributed by atoms with Crippen LogP contribution in [0.3, 0.4) is 0 Å². The second-order valence-electron chi connectivity index (χ2n) is 7.70. The average Bonchev–Trinajstić information content (AvgIpc) is 3.32. The SMILES string of the molecule is Cc1ccc(/C(O)=C2\C(=O)C(=O)N(c3nc4ccc(F)cc4s3)[C@H]2c2cccc(F)c2)cc1. The molecule has 1 fully saturated rings. The monoisotopic (exact) mass is 462 g/mol. The molecule has 1 aliphatic heterocycles. The van der Waals surface area contributed by atoms with Gasteiger partial charge < -0.3 is 5.11 Å². The number of amides is 1. The zero-order valence-corrected chi connectivity index (χ0v) is 18.1. The minimum Gasteiger partial charge on any atom is -0.507 e. The summed E-state index contributed by atoms with van der Waals surface area (Å²) >= 11 is 1.03. The molecule has 0 spiro atoms. The number of benzene rings is 3. The van der Waals surface area contributed by atoms with Gasteiger partial charge in [-0.05, 0) is 42.8 Å². The van der Waals surface area contributed by atoms with Crippen LogP contribution in [0.5, 0.6) is 0 Å². The fourth-order valence-electron chi connectivity index (χ4n) is 3.88. The van der Waals surface area contributed by atoms with Crippen molar-refractivity contribution in [2.45, 2.75) is 13.0 Å². The molecule has 0 saturated carbocycles. The van der Waals surface area contributed by atoms with Gasteiger partial charge in [-0.3, -0.25) is 14.5 Å². The van der Waals surface area contributed by atoms with E-state index >= 15 is 0 Å². The van der Waals surface area contributed by atoms with Crippen molar-refractivity contribution in [3.63, 3.8) is 0 Å². The topological polar surface area (TPSA) is 70.5 Å². The summed E-state index contributed by atoms with van der Waals surface area (Å²) in [6.07, 6.45) is 0. The van der Waals surface area contributed by atoms with Crippen molar-refractivity contribution in [2.24, 2.45) is 0 Å². The Bertz CT molecular complexity index is 1460. The Labute approximate surface area is 191 Å². The van der Waals surface area contributed by atoms with Gasteiger partial charge in [-0.1, -0.05) is 53.3 Å². The van der Waals surface area contributed by atoms with Gasteiger partial charge >= 0.3 is 5.91 Å². The number of nitrogens with zero attached hydrogens (tertiary/aromatic N) is 2. The summed E-state index contributed by atoms with van der Waals surface area (Å²) in [5.74, 6) is -3.19. The van der Waals surface area contributed by atoms with Crippen LogP contribution in [0.15, 0.2) is 72.3 Å². The van der Waals surface area contributed by atoms with Gasteiger partial charge in [-0.15, -0.1) is 0 Å². The average molecular weight is 462 g/mol. The molecular weight excluding hydrogens is 446 g/mol. The molecule has 1 amide bonds. The quantitative estimate of drug-likeness (QED) is 0.248. The Morgan fingerprint density at radius 1 is 1.00 bits per heavy atom. The van der Waals surface area contributed by atoms with Gasteiger partial charge in [-0.25, -0.2) is 13.8 Å². The first-order chi connectivity index (χ1) is 15.8. The van der Waals surface area contributed by atoms with Gasteiger partial charge in [0.1, 0.15) is 17.4 Å². The number of hydrogen-bond acceptors (Lipinski definition) is 5. The van der Waals surface area contributed by atoms with Crippen LogP contribution in [0.2, 0.25) is 0 Å². The third kappa shape index (κ3) is 3.58. The molecular formula is C25H16F2N2O3S. The van der Waals surface area contributed by atoms with E-state index in [0.29, 0.717) is 21.3 Å². The molecule has 0 radical (unpaired) electrons. The van der Waals surface area contributed by atoms with Crippen LogP contribution in [-0.4, -0.2) is 21.8 Å².